The van der Waals surface area contributed by atoms with Crippen molar-refractivity contribution in [1.29, 1.82) is 0 Å². The smallest absolute Gasteiger partial charge is 0.257 e. The van der Waals surface area contributed by atoms with E-state index in [0.29, 0.717) is 20.9 Å². The zero-order valence-electron chi connectivity index (χ0n) is 8.65. The second-order valence-corrected chi connectivity index (χ2v) is 4.43. The summed E-state index contributed by atoms with van der Waals surface area (Å²) in [7, 11) is 0. The van der Waals surface area contributed by atoms with E-state index >= 15 is 0 Å². The van der Waals surface area contributed by atoms with Crippen LogP contribution in [0.5, 0.6) is 0 Å². The minimum atomic E-state index is -0.260. The molecule has 0 aliphatic heterocycles. The van der Waals surface area contributed by atoms with Gasteiger partial charge in [0.05, 0.1) is 16.3 Å². The average Bonchev–Trinajstić information content (AvgIpc) is 2.32. The van der Waals surface area contributed by atoms with E-state index in [0.717, 1.165) is 0 Å². The highest BCUT2D eigenvalue weighted by Gasteiger charge is 2.11. The zero-order valence-corrected chi connectivity index (χ0v) is 11.0. The number of aromatic nitrogens is 1. The van der Waals surface area contributed by atoms with Gasteiger partial charge < -0.3 is 5.32 Å². The Labute approximate surface area is 112 Å². The summed E-state index contributed by atoms with van der Waals surface area (Å²) in [6, 6.07) is 10.4. The van der Waals surface area contributed by atoms with Gasteiger partial charge in [-0.05, 0) is 40.2 Å². The molecule has 1 heterocycles. The number of benzene rings is 1. The molecular weight excluding hydrogens is 304 g/mol. The van der Waals surface area contributed by atoms with Crippen LogP contribution < -0.4 is 5.32 Å². The number of carbonyl (C=O) groups excluding carboxylic acids is 1. The predicted molar refractivity (Wildman–Crippen MR) is 71.3 cm³/mol. The maximum atomic E-state index is 11.9. The molecule has 86 valence electrons. The molecule has 3 nitrogen and oxygen atoms in total. The van der Waals surface area contributed by atoms with Crippen molar-refractivity contribution < 1.29 is 4.79 Å². The third-order valence-electron chi connectivity index (χ3n) is 2.13. The van der Waals surface area contributed by atoms with Gasteiger partial charge in [-0.1, -0.05) is 23.7 Å². The molecule has 1 N–H and O–H groups in total. The summed E-state index contributed by atoms with van der Waals surface area (Å²) in [5.41, 5.74) is 1.04. The topological polar surface area (TPSA) is 42.0 Å². The molecule has 0 bridgehead atoms. The van der Waals surface area contributed by atoms with Crippen LogP contribution in [0.4, 0.5) is 5.69 Å². The number of rotatable bonds is 2. The van der Waals surface area contributed by atoms with Crippen molar-refractivity contribution >= 4 is 39.1 Å². The van der Waals surface area contributed by atoms with Gasteiger partial charge in [0, 0.05) is 6.20 Å². The van der Waals surface area contributed by atoms with Crippen LogP contribution in [0.15, 0.2) is 47.2 Å². The maximum absolute atomic E-state index is 11.9. The summed E-state index contributed by atoms with van der Waals surface area (Å²) in [5, 5.41) is 3.16. The van der Waals surface area contributed by atoms with E-state index in [2.05, 4.69) is 26.2 Å². The van der Waals surface area contributed by atoms with Gasteiger partial charge in [-0.25, -0.2) is 4.98 Å². The van der Waals surface area contributed by atoms with E-state index in [9.17, 15) is 4.79 Å². The van der Waals surface area contributed by atoms with Gasteiger partial charge in [-0.2, -0.15) is 0 Å². The Morgan fingerprint density at radius 2 is 2.00 bits per heavy atom. The summed E-state index contributed by atoms with van der Waals surface area (Å²) in [4.78, 5) is 16.0. The van der Waals surface area contributed by atoms with Gasteiger partial charge in [0.25, 0.3) is 5.91 Å². The minimum Gasteiger partial charge on any atom is -0.320 e. The molecule has 0 saturated carbocycles. The second-order valence-electron chi connectivity index (χ2n) is 3.28. The summed E-state index contributed by atoms with van der Waals surface area (Å²) >= 11 is 9.19. The first-order valence-corrected chi connectivity index (χ1v) is 6.02. The molecule has 0 aliphatic rings. The van der Waals surface area contributed by atoms with Gasteiger partial charge in [0.2, 0.25) is 0 Å². The van der Waals surface area contributed by atoms with Gasteiger partial charge in [0.1, 0.15) is 4.60 Å². The van der Waals surface area contributed by atoms with E-state index in [1.54, 1.807) is 42.6 Å². The normalized spacial score (nSPS) is 10.0. The lowest BCUT2D eigenvalue weighted by atomic mass is 10.2. The third-order valence-corrected chi connectivity index (χ3v) is 3.09. The van der Waals surface area contributed by atoms with Crippen molar-refractivity contribution in [2.75, 3.05) is 5.32 Å². The Kier molecular flexibility index (Phi) is 3.76. The van der Waals surface area contributed by atoms with Gasteiger partial charge in [-0.15, -0.1) is 0 Å². The number of pyridine rings is 1. The molecule has 0 spiro atoms. The number of hydrogen-bond donors (Lipinski definition) is 1. The number of carbonyl (C=O) groups is 1. The Hall–Kier alpha value is -1.39. The van der Waals surface area contributed by atoms with Crippen LogP contribution >= 0.6 is 27.5 Å². The Morgan fingerprint density at radius 1 is 1.24 bits per heavy atom. The van der Waals surface area contributed by atoms with Crippen LogP contribution in [0, 0.1) is 0 Å². The summed E-state index contributed by atoms with van der Waals surface area (Å²) < 4.78 is 0.584. The summed E-state index contributed by atoms with van der Waals surface area (Å²) in [6.07, 6.45) is 1.63. The fraction of sp³-hybridized carbons (Fsp3) is 0. The van der Waals surface area contributed by atoms with Gasteiger partial charge >= 0.3 is 0 Å². The molecule has 17 heavy (non-hydrogen) atoms. The Morgan fingerprint density at radius 3 is 2.71 bits per heavy atom. The second kappa shape index (κ2) is 5.29. The molecule has 2 rings (SSSR count). The first-order valence-electron chi connectivity index (χ1n) is 4.85. The molecule has 0 atom stereocenters. The van der Waals surface area contributed by atoms with E-state index in [1.807, 2.05) is 0 Å². The molecule has 0 aliphatic carbocycles. The van der Waals surface area contributed by atoms with Gasteiger partial charge in [0.15, 0.2) is 0 Å². The Balaban J connectivity index is 2.24. The van der Waals surface area contributed by atoms with Crippen molar-refractivity contribution in [3.63, 3.8) is 0 Å². The Bertz CT molecular complexity index is 560. The first-order chi connectivity index (χ1) is 8.18. The quantitative estimate of drug-likeness (QED) is 0.858. The van der Waals surface area contributed by atoms with Crippen LogP contribution in [0.25, 0.3) is 0 Å². The highest BCUT2D eigenvalue weighted by molar-refractivity contribution is 9.10. The molecule has 0 unspecified atom stereocenters. The summed E-state index contributed by atoms with van der Waals surface area (Å²) in [6.45, 7) is 0. The predicted octanol–water partition coefficient (Wildman–Crippen LogP) is 3.75. The zero-order chi connectivity index (χ0) is 12.3. The molecule has 0 radical (unpaired) electrons. The van der Waals surface area contributed by atoms with Crippen LogP contribution in [0.3, 0.4) is 0 Å². The number of amides is 1. The van der Waals surface area contributed by atoms with E-state index in [1.165, 1.54) is 0 Å². The van der Waals surface area contributed by atoms with E-state index < -0.39 is 0 Å². The first kappa shape index (κ1) is 12.1. The van der Waals surface area contributed by atoms with Crippen molar-refractivity contribution in [2.24, 2.45) is 0 Å². The van der Waals surface area contributed by atoms with Crippen LogP contribution in [0.2, 0.25) is 5.02 Å². The number of hydrogen-bond acceptors (Lipinski definition) is 2. The highest BCUT2D eigenvalue weighted by atomic mass is 79.9. The maximum Gasteiger partial charge on any atom is 0.257 e. The largest absolute Gasteiger partial charge is 0.320 e. The van der Waals surface area contributed by atoms with Crippen LogP contribution in [-0.2, 0) is 0 Å². The number of nitrogens with zero attached hydrogens (tertiary/aromatic N) is 1. The van der Waals surface area contributed by atoms with Crippen molar-refractivity contribution in [2.45, 2.75) is 0 Å². The molecule has 1 aromatic carbocycles. The summed E-state index contributed by atoms with van der Waals surface area (Å²) in [5.74, 6) is -0.260. The standard InChI is InChI=1S/C12H8BrClN2O/c13-11-10(6-3-7-15-11)16-12(17)8-4-1-2-5-9(8)14/h1-7H,(H,16,17). The fourth-order valence-electron chi connectivity index (χ4n) is 1.31. The molecular formula is C12H8BrClN2O. The fourth-order valence-corrected chi connectivity index (χ4v) is 1.89. The molecule has 0 saturated heterocycles. The van der Waals surface area contributed by atoms with Crippen molar-refractivity contribution in [1.82, 2.24) is 4.98 Å². The number of anilines is 1. The molecule has 1 aromatic heterocycles. The molecule has 5 heteroatoms. The minimum absolute atomic E-state index is 0.260. The highest BCUT2D eigenvalue weighted by Crippen LogP contribution is 2.21. The number of nitrogens with one attached hydrogen (secondary N) is 1. The van der Waals surface area contributed by atoms with Gasteiger partial charge in [-0.3, -0.25) is 4.79 Å². The lowest BCUT2D eigenvalue weighted by molar-refractivity contribution is 0.102. The number of halogens is 2. The molecule has 2 aromatic rings. The third kappa shape index (κ3) is 2.84. The lowest BCUT2D eigenvalue weighted by Gasteiger charge is -2.07. The SMILES string of the molecule is O=C(Nc1cccnc1Br)c1ccccc1Cl. The van der Waals surface area contributed by atoms with E-state index in [-0.39, 0.29) is 5.91 Å². The van der Waals surface area contributed by atoms with Crippen molar-refractivity contribution in [3.8, 4) is 0 Å². The molecule has 0 fully saturated rings. The average molecular weight is 312 g/mol. The van der Waals surface area contributed by atoms with Crippen molar-refractivity contribution in [3.05, 3.63) is 57.8 Å². The van der Waals surface area contributed by atoms with Crippen LogP contribution in [-0.4, -0.2) is 10.9 Å². The van der Waals surface area contributed by atoms with E-state index in [4.69, 9.17) is 11.6 Å². The lowest BCUT2D eigenvalue weighted by Crippen LogP contribution is -2.12. The monoisotopic (exact) mass is 310 g/mol. The van der Waals surface area contributed by atoms with Crippen LogP contribution in [0.1, 0.15) is 10.4 Å². The molecule has 1 amide bonds.